The first-order chi connectivity index (χ1) is 15.5. The van der Waals surface area contributed by atoms with Crippen molar-refractivity contribution in [3.8, 4) is 0 Å². The van der Waals surface area contributed by atoms with Gasteiger partial charge in [0.2, 0.25) is 0 Å². The lowest BCUT2D eigenvalue weighted by Crippen LogP contribution is -2.45. The minimum atomic E-state index is -1.03. The van der Waals surface area contributed by atoms with Crippen molar-refractivity contribution in [1.29, 1.82) is 0 Å². The summed E-state index contributed by atoms with van der Waals surface area (Å²) in [5.74, 6) is -1.86. The molecule has 9 nitrogen and oxygen atoms in total. The topological polar surface area (TPSA) is 127 Å². The van der Waals surface area contributed by atoms with E-state index in [4.69, 9.17) is 24.0 Å². The number of hydrogen-bond donors (Lipinski definition) is 1. The number of esters is 2. The molecule has 166 valence electrons. The SMILES string of the molecule is CCOC(=O)C1=C(N)n2c(=O)sc(=Cc3ccco3)c2=C(C(=O)OCC)C1c1ccco1. The number of ether oxygens (including phenoxy) is 2. The number of carbonyl (C=O) groups is 2. The highest BCUT2D eigenvalue weighted by Gasteiger charge is 2.41. The number of rotatable bonds is 6. The van der Waals surface area contributed by atoms with Crippen LogP contribution in [0.25, 0.3) is 17.5 Å². The summed E-state index contributed by atoms with van der Waals surface area (Å²) in [7, 11) is 0. The number of nitrogens with zero attached hydrogens (tertiary/aromatic N) is 1. The van der Waals surface area contributed by atoms with Crippen molar-refractivity contribution in [3.05, 3.63) is 73.4 Å². The van der Waals surface area contributed by atoms with Gasteiger partial charge in [0.25, 0.3) is 0 Å². The van der Waals surface area contributed by atoms with Crippen molar-refractivity contribution in [2.45, 2.75) is 19.8 Å². The fourth-order valence-corrected chi connectivity index (χ4v) is 4.55. The number of thiazole rings is 1. The number of aromatic nitrogens is 1. The van der Waals surface area contributed by atoms with Crippen molar-refractivity contribution in [3.63, 3.8) is 0 Å². The van der Waals surface area contributed by atoms with E-state index in [0.717, 1.165) is 15.9 Å². The summed E-state index contributed by atoms with van der Waals surface area (Å²) in [5, 5.41) is 0.224. The summed E-state index contributed by atoms with van der Waals surface area (Å²) in [6.45, 7) is 3.48. The van der Waals surface area contributed by atoms with Gasteiger partial charge in [-0.25, -0.2) is 9.59 Å². The predicted molar refractivity (Wildman–Crippen MR) is 116 cm³/mol. The smallest absolute Gasteiger partial charge is 0.338 e. The number of hydrogen-bond acceptors (Lipinski definition) is 9. The third-order valence-corrected chi connectivity index (χ3v) is 5.71. The first kappa shape index (κ1) is 21.4. The maximum atomic E-state index is 13.2. The van der Waals surface area contributed by atoms with E-state index in [0.29, 0.717) is 10.3 Å². The lowest BCUT2D eigenvalue weighted by atomic mass is 9.86. The molecule has 0 radical (unpaired) electrons. The van der Waals surface area contributed by atoms with Gasteiger partial charge in [-0.3, -0.25) is 9.36 Å². The number of furan rings is 2. The van der Waals surface area contributed by atoms with Crippen LogP contribution in [0.1, 0.15) is 31.3 Å². The van der Waals surface area contributed by atoms with Crippen molar-refractivity contribution in [2.24, 2.45) is 5.73 Å². The summed E-state index contributed by atoms with van der Waals surface area (Å²) in [5.41, 5.74) is 6.33. The van der Waals surface area contributed by atoms with E-state index in [1.165, 1.54) is 12.5 Å². The first-order valence-electron chi connectivity index (χ1n) is 9.86. The van der Waals surface area contributed by atoms with Crippen molar-refractivity contribution in [1.82, 2.24) is 4.57 Å². The Morgan fingerprint density at radius 3 is 2.34 bits per heavy atom. The fraction of sp³-hybridized carbons (Fsp3) is 0.227. The Morgan fingerprint density at radius 1 is 1.09 bits per heavy atom. The van der Waals surface area contributed by atoms with Gasteiger partial charge in [-0.2, -0.15) is 0 Å². The fourth-order valence-electron chi connectivity index (χ4n) is 3.61. The van der Waals surface area contributed by atoms with Gasteiger partial charge >= 0.3 is 16.8 Å². The Labute approximate surface area is 185 Å². The molecule has 3 aromatic heterocycles. The summed E-state index contributed by atoms with van der Waals surface area (Å²) >= 11 is 0.864. The molecule has 0 fully saturated rings. The van der Waals surface area contributed by atoms with Gasteiger partial charge in [0.05, 0.1) is 52.7 Å². The molecule has 0 bridgehead atoms. The molecule has 4 rings (SSSR count). The second kappa shape index (κ2) is 8.75. The van der Waals surface area contributed by atoms with Crippen LogP contribution in [0.2, 0.25) is 0 Å². The van der Waals surface area contributed by atoms with Crippen LogP contribution in [0.15, 0.2) is 56.0 Å². The summed E-state index contributed by atoms with van der Waals surface area (Å²) in [6, 6.07) is 6.65. The van der Waals surface area contributed by atoms with E-state index in [-0.39, 0.29) is 41.3 Å². The minimum absolute atomic E-state index is 0.0511. The Kier molecular flexibility index (Phi) is 5.87. The van der Waals surface area contributed by atoms with Gasteiger partial charge in [0, 0.05) is 6.08 Å². The number of fused-ring (bicyclic) bond motifs is 1. The van der Waals surface area contributed by atoms with Crippen LogP contribution in [0.5, 0.6) is 0 Å². The van der Waals surface area contributed by atoms with Gasteiger partial charge in [0.1, 0.15) is 17.3 Å². The molecule has 0 amide bonds. The van der Waals surface area contributed by atoms with Crippen LogP contribution in [-0.4, -0.2) is 29.7 Å². The van der Waals surface area contributed by atoms with Crippen molar-refractivity contribution >= 4 is 40.7 Å². The van der Waals surface area contributed by atoms with Crippen molar-refractivity contribution < 1.29 is 27.9 Å². The minimum Gasteiger partial charge on any atom is -0.468 e. The third-order valence-electron chi connectivity index (χ3n) is 4.82. The molecule has 0 saturated carbocycles. The van der Waals surface area contributed by atoms with Crippen LogP contribution >= 0.6 is 11.3 Å². The normalized spacial score (nSPS) is 16.2. The van der Waals surface area contributed by atoms with Crippen molar-refractivity contribution in [2.75, 3.05) is 13.2 Å². The molecule has 0 saturated heterocycles. The molecular formula is C22H20N2O7S. The molecule has 32 heavy (non-hydrogen) atoms. The van der Waals surface area contributed by atoms with E-state index in [2.05, 4.69) is 0 Å². The molecule has 3 aromatic rings. The van der Waals surface area contributed by atoms with Gasteiger partial charge in [-0.05, 0) is 38.1 Å². The molecule has 0 aliphatic carbocycles. The maximum Gasteiger partial charge on any atom is 0.338 e. The quantitative estimate of drug-likeness (QED) is 0.547. The molecular weight excluding hydrogens is 436 g/mol. The first-order valence-corrected chi connectivity index (χ1v) is 10.7. The Balaban J connectivity index is 2.15. The largest absolute Gasteiger partial charge is 0.468 e. The standard InChI is InChI=1S/C22H20N2O7S/c1-3-28-20(25)16-15(13-8-6-10-31-13)17(21(26)29-4-2)19(23)24-18(16)14(32-22(24)27)11-12-7-5-9-30-12/h5-11,15H,3-4,23H2,1-2H3. The van der Waals surface area contributed by atoms with Gasteiger partial charge < -0.3 is 24.0 Å². The Bertz CT molecular complexity index is 1360. The second-order valence-corrected chi connectivity index (χ2v) is 7.67. The van der Waals surface area contributed by atoms with Crippen LogP contribution < -0.4 is 20.5 Å². The van der Waals surface area contributed by atoms with E-state index >= 15 is 0 Å². The highest BCUT2D eigenvalue weighted by Crippen LogP contribution is 2.37. The Hall–Kier alpha value is -3.79. The zero-order valence-corrected chi connectivity index (χ0v) is 18.1. The monoisotopic (exact) mass is 456 g/mol. The summed E-state index contributed by atoms with van der Waals surface area (Å²) < 4.78 is 23.0. The molecule has 1 unspecified atom stereocenters. The average Bonchev–Trinajstić information content (AvgIpc) is 3.51. The van der Waals surface area contributed by atoms with Crippen LogP contribution in [0, 0.1) is 0 Å². The maximum absolute atomic E-state index is 13.2. The van der Waals surface area contributed by atoms with Crippen LogP contribution in [-0.2, 0) is 19.1 Å². The molecule has 4 heterocycles. The average molecular weight is 456 g/mol. The second-order valence-electron chi connectivity index (χ2n) is 6.68. The molecule has 1 aliphatic rings. The number of nitrogens with two attached hydrogens (primary N) is 1. The molecule has 1 atom stereocenters. The predicted octanol–water partition coefficient (Wildman–Crippen LogP) is 1.13. The van der Waals surface area contributed by atoms with Crippen LogP contribution in [0.3, 0.4) is 0 Å². The van der Waals surface area contributed by atoms with E-state index in [9.17, 15) is 14.4 Å². The molecule has 1 aliphatic heterocycles. The van der Waals surface area contributed by atoms with E-state index in [1.54, 1.807) is 44.2 Å². The highest BCUT2D eigenvalue weighted by atomic mass is 32.1. The third kappa shape index (κ3) is 3.58. The number of carbonyl (C=O) groups excluding carboxylic acids is 2. The van der Waals surface area contributed by atoms with Gasteiger partial charge in [-0.1, -0.05) is 11.3 Å². The van der Waals surface area contributed by atoms with Crippen LogP contribution in [0.4, 0.5) is 0 Å². The molecule has 0 spiro atoms. The van der Waals surface area contributed by atoms with Gasteiger partial charge in [-0.15, -0.1) is 0 Å². The summed E-state index contributed by atoms with van der Waals surface area (Å²) in [6.07, 6.45) is 4.53. The highest BCUT2D eigenvalue weighted by molar-refractivity contribution is 7.07. The van der Waals surface area contributed by atoms with Gasteiger partial charge in [0.15, 0.2) is 0 Å². The Morgan fingerprint density at radius 2 is 1.75 bits per heavy atom. The lowest BCUT2D eigenvalue weighted by Gasteiger charge is -2.25. The zero-order valence-electron chi connectivity index (χ0n) is 17.3. The lowest BCUT2D eigenvalue weighted by molar-refractivity contribution is -0.138. The molecule has 2 N–H and O–H groups in total. The zero-order chi connectivity index (χ0) is 22.8. The molecule has 0 aromatic carbocycles. The molecule has 10 heteroatoms. The van der Waals surface area contributed by atoms with E-state index in [1.807, 2.05) is 0 Å². The summed E-state index contributed by atoms with van der Waals surface area (Å²) in [4.78, 5) is 38.6. The van der Waals surface area contributed by atoms with E-state index < -0.39 is 22.7 Å².